The van der Waals surface area contributed by atoms with Gasteiger partial charge >= 0.3 is 0 Å². The van der Waals surface area contributed by atoms with Gasteiger partial charge in [0.1, 0.15) is 0 Å². The van der Waals surface area contributed by atoms with E-state index in [0.717, 1.165) is 19.5 Å². The fourth-order valence-electron chi connectivity index (χ4n) is 2.87. The Bertz CT molecular complexity index is 442. The molecule has 2 aliphatic rings. The number of hydrogen-bond donors (Lipinski definition) is 1. The summed E-state index contributed by atoms with van der Waals surface area (Å²) in [5, 5.41) is 3.20. The first-order chi connectivity index (χ1) is 7.77. The molecule has 84 valence electrons. The van der Waals surface area contributed by atoms with Crippen molar-refractivity contribution in [2.75, 3.05) is 19.6 Å². The first-order valence-electron chi connectivity index (χ1n) is 5.86. The van der Waals surface area contributed by atoms with Crippen molar-refractivity contribution < 1.29 is 4.79 Å². The van der Waals surface area contributed by atoms with Crippen LogP contribution in [0, 0.1) is 6.92 Å². The highest BCUT2D eigenvalue weighted by molar-refractivity contribution is 5.80. The third-order valence-corrected chi connectivity index (χ3v) is 3.72. The van der Waals surface area contributed by atoms with E-state index in [0.29, 0.717) is 6.54 Å². The molecule has 1 saturated heterocycles. The zero-order valence-electron chi connectivity index (χ0n) is 9.49. The number of fused-ring (bicyclic) bond motifs is 3. The molecule has 0 bridgehead atoms. The van der Waals surface area contributed by atoms with Gasteiger partial charge in [0, 0.05) is 13.1 Å². The Morgan fingerprint density at radius 2 is 2.31 bits per heavy atom. The van der Waals surface area contributed by atoms with Crippen LogP contribution in [0.2, 0.25) is 0 Å². The normalized spacial score (nSPS) is 23.9. The molecule has 0 saturated carbocycles. The number of aryl methyl sites for hydroxylation is 1. The van der Waals surface area contributed by atoms with Crippen LogP contribution < -0.4 is 5.32 Å². The molecular formula is C13H16N2O. The Morgan fingerprint density at radius 3 is 3.19 bits per heavy atom. The van der Waals surface area contributed by atoms with Gasteiger partial charge in [0.2, 0.25) is 5.91 Å². The third-order valence-electron chi connectivity index (χ3n) is 3.72. The number of benzene rings is 1. The molecule has 1 N–H and O–H groups in total. The summed E-state index contributed by atoms with van der Waals surface area (Å²) in [6, 6.07) is 6.67. The van der Waals surface area contributed by atoms with E-state index in [1.807, 2.05) is 4.90 Å². The van der Waals surface area contributed by atoms with Gasteiger partial charge in [0.25, 0.3) is 0 Å². The van der Waals surface area contributed by atoms with Gasteiger partial charge in [-0.2, -0.15) is 0 Å². The lowest BCUT2D eigenvalue weighted by Gasteiger charge is -2.41. The van der Waals surface area contributed by atoms with Crippen LogP contribution in [0.1, 0.15) is 22.7 Å². The van der Waals surface area contributed by atoms with Crippen molar-refractivity contribution in [1.29, 1.82) is 0 Å². The first kappa shape index (κ1) is 9.85. The molecule has 1 fully saturated rings. The summed E-state index contributed by atoms with van der Waals surface area (Å²) in [5.74, 6) is 0.239. The van der Waals surface area contributed by atoms with Crippen molar-refractivity contribution in [2.45, 2.75) is 19.4 Å². The van der Waals surface area contributed by atoms with Crippen molar-refractivity contribution in [3.05, 3.63) is 34.9 Å². The molecule has 1 atom stereocenters. The fourth-order valence-corrected chi connectivity index (χ4v) is 2.87. The predicted octanol–water partition coefficient (Wildman–Crippen LogP) is 1.02. The minimum Gasteiger partial charge on any atom is -0.333 e. The molecule has 3 rings (SSSR count). The molecule has 0 spiro atoms. The zero-order chi connectivity index (χ0) is 11.1. The molecule has 1 aromatic carbocycles. The van der Waals surface area contributed by atoms with Crippen LogP contribution in [0.3, 0.4) is 0 Å². The van der Waals surface area contributed by atoms with Crippen LogP contribution in [-0.2, 0) is 11.2 Å². The average Bonchev–Trinajstić information content (AvgIpc) is 2.30. The minimum absolute atomic E-state index is 0.239. The summed E-state index contributed by atoms with van der Waals surface area (Å²) in [6.07, 6.45) is 1.00. The Labute approximate surface area is 95.4 Å². The number of hydrogen-bond acceptors (Lipinski definition) is 2. The van der Waals surface area contributed by atoms with Gasteiger partial charge in [-0.05, 0) is 30.0 Å². The standard InChI is InChI=1S/C13H16N2O/c1-9-3-2-4-11-10(9)5-6-15-12(11)7-14-8-13(15)16/h2-4,12,14H,5-8H2,1H3. The molecule has 0 aliphatic carbocycles. The third kappa shape index (κ3) is 1.35. The van der Waals surface area contributed by atoms with Gasteiger partial charge in [0.05, 0.1) is 12.6 Å². The smallest absolute Gasteiger partial charge is 0.237 e. The van der Waals surface area contributed by atoms with E-state index in [9.17, 15) is 4.79 Å². The van der Waals surface area contributed by atoms with Gasteiger partial charge in [-0.25, -0.2) is 0 Å². The van der Waals surface area contributed by atoms with Crippen LogP contribution in [0.15, 0.2) is 18.2 Å². The number of carbonyl (C=O) groups is 1. The molecule has 1 amide bonds. The van der Waals surface area contributed by atoms with Crippen LogP contribution in [-0.4, -0.2) is 30.4 Å². The quantitative estimate of drug-likeness (QED) is 0.702. The van der Waals surface area contributed by atoms with Gasteiger partial charge in [-0.3, -0.25) is 4.79 Å². The predicted molar refractivity (Wildman–Crippen MR) is 62.2 cm³/mol. The molecule has 3 nitrogen and oxygen atoms in total. The number of nitrogens with zero attached hydrogens (tertiary/aromatic N) is 1. The van der Waals surface area contributed by atoms with Gasteiger partial charge in [0.15, 0.2) is 0 Å². The second-order valence-corrected chi connectivity index (χ2v) is 4.63. The van der Waals surface area contributed by atoms with E-state index in [2.05, 4.69) is 30.4 Å². The SMILES string of the molecule is Cc1cccc2c1CCN1C(=O)CNCC21. The van der Waals surface area contributed by atoms with Gasteiger partial charge < -0.3 is 10.2 Å². The maximum Gasteiger partial charge on any atom is 0.237 e. The number of piperazine rings is 1. The number of carbonyl (C=O) groups excluding carboxylic acids is 1. The van der Waals surface area contributed by atoms with E-state index < -0.39 is 0 Å². The molecule has 0 aromatic heterocycles. The van der Waals surface area contributed by atoms with Crippen LogP contribution >= 0.6 is 0 Å². The second kappa shape index (κ2) is 3.59. The Hall–Kier alpha value is -1.35. The van der Waals surface area contributed by atoms with Crippen molar-refractivity contribution >= 4 is 5.91 Å². The fraction of sp³-hybridized carbons (Fsp3) is 0.462. The summed E-state index contributed by atoms with van der Waals surface area (Å²) < 4.78 is 0. The molecule has 2 heterocycles. The van der Waals surface area contributed by atoms with Crippen LogP contribution in [0.25, 0.3) is 0 Å². The van der Waals surface area contributed by atoms with Crippen LogP contribution in [0.5, 0.6) is 0 Å². The lowest BCUT2D eigenvalue weighted by Crippen LogP contribution is -2.52. The minimum atomic E-state index is 0.239. The molecule has 3 heteroatoms. The van der Waals surface area contributed by atoms with Gasteiger partial charge in [-0.15, -0.1) is 0 Å². The van der Waals surface area contributed by atoms with Crippen molar-refractivity contribution in [3.63, 3.8) is 0 Å². The zero-order valence-corrected chi connectivity index (χ0v) is 9.49. The van der Waals surface area contributed by atoms with E-state index >= 15 is 0 Å². The van der Waals surface area contributed by atoms with E-state index in [-0.39, 0.29) is 11.9 Å². The lowest BCUT2D eigenvalue weighted by atomic mass is 9.88. The summed E-state index contributed by atoms with van der Waals surface area (Å²) in [6.45, 7) is 4.43. The van der Waals surface area contributed by atoms with Crippen molar-refractivity contribution in [1.82, 2.24) is 10.2 Å². The lowest BCUT2D eigenvalue weighted by molar-refractivity contribution is -0.135. The second-order valence-electron chi connectivity index (χ2n) is 4.63. The summed E-state index contributed by atoms with van der Waals surface area (Å²) in [4.78, 5) is 13.8. The highest BCUT2D eigenvalue weighted by Gasteiger charge is 2.33. The molecule has 0 radical (unpaired) electrons. The van der Waals surface area contributed by atoms with Crippen molar-refractivity contribution in [2.24, 2.45) is 0 Å². The maximum atomic E-state index is 11.8. The number of amides is 1. The molecule has 16 heavy (non-hydrogen) atoms. The molecule has 2 aliphatic heterocycles. The highest BCUT2D eigenvalue weighted by Crippen LogP contribution is 2.32. The molecule has 1 unspecified atom stereocenters. The van der Waals surface area contributed by atoms with E-state index in [1.165, 1.54) is 16.7 Å². The highest BCUT2D eigenvalue weighted by atomic mass is 16.2. The summed E-state index contributed by atoms with van der Waals surface area (Å²) >= 11 is 0. The molecular weight excluding hydrogens is 200 g/mol. The number of rotatable bonds is 0. The van der Waals surface area contributed by atoms with E-state index in [1.54, 1.807) is 0 Å². The summed E-state index contributed by atoms with van der Waals surface area (Å²) in [5.41, 5.74) is 4.14. The molecule has 1 aromatic rings. The van der Waals surface area contributed by atoms with E-state index in [4.69, 9.17) is 0 Å². The number of nitrogens with one attached hydrogen (secondary N) is 1. The van der Waals surface area contributed by atoms with Crippen molar-refractivity contribution in [3.8, 4) is 0 Å². The largest absolute Gasteiger partial charge is 0.333 e. The first-order valence-corrected chi connectivity index (χ1v) is 5.86. The van der Waals surface area contributed by atoms with Gasteiger partial charge in [-0.1, -0.05) is 18.2 Å². The Balaban J connectivity index is 2.06. The monoisotopic (exact) mass is 216 g/mol. The summed E-state index contributed by atoms with van der Waals surface area (Å²) in [7, 11) is 0. The topological polar surface area (TPSA) is 32.3 Å². The van der Waals surface area contributed by atoms with Crippen LogP contribution in [0.4, 0.5) is 0 Å². The maximum absolute atomic E-state index is 11.8. The average molecular weight is 216 g/mol. The Morgan fingerprint density at radius 1 is 1.44 bits per heavy atom. The Kier molecular flexibility index (Phi) is 2.21.